The molecular weight excluding hydrogens is 242 g/mol. The van der Waals surface area contributed by atoms with Crippen molar-refractivity contribution in [3.63, 3.8) is 0 Å². The molecule has 19 heavy (non-hydrogen) atoms. The van der Waals surface area contributed by atoms with Gasteiger partial charge in [-0.1, -0.05) is 18.2 Å². The maximum absolute atomic E-state index is 11.4. The van der Waals surface area contributed by atoms with Crippen molar-refractivity contribution in [3.05, 3.63) is 29.8 Å². The summed E-state index contributed by atoms with van der Waals surface area (Å²) in [6.07, 6.45) is 1.91. The van der Waals surface area contributed by atoms with Crippen molar-refractivity contribution >= 4 is 6.29 Å². The summed E-state index contributed by atoms with van der Waals surface area (Å²) in [7, 11) is 0. The predicted molar refractivity (Wildman–Crippen MR) is 71.1 cm³/mol. The van der Waals surface area contributed by atoms with Crippen LogP contribution in [0.25, 0.3) is 0 Å². The van der Waals surface area contributed by atoms with Crippen LogP contribution in [0.4, 0.5) is 0 Å². The Labute approximate surface area is 113 Å². The number of fused-ring (bicyclic) bond motifs is 1. The van der Waals surface area contributed by atoms with Crippen LogP contribution in [0.3, 0.4) is 0 Å². The molecule has 0 amide bonds. The zero-order valence-corrected chi connectivity index (χ0v) is 11.0. The van der Waals surface area contributed by atoms with Gasteiger partial charge in [-0.05, 0) is 12.5 Å². The fourth-order valence-electron chi connectivity index (χ4n) is 2.84. The van der Waals surface area contributed by atoms with Gasteiger partial charge in [0, 0.05) is 31.8 Å². The Hall–Kier alpha value is -1.39. The van der Waals surface area contributed by atoms with E-state index in [1.54, 1.807) is 0 Å². The second-order valence-corrected chi connectivity index (χ2v) is 5.45. The maximum atomic E-state index is 11.4. The van der Waals surface area contributed by atoms with Crippen LogP contribution in [0.15, 0.2) is 24.3 Å². The first kappa shape index (κ1) is 12.6. The van der Waals surface area contributed by atoms with Crippen LogP contribution in [0, 0.1) is 5.41 Å². The number of para-hydroxylation sites is 1. The monoisotopic (exact) mass is 261 g/mol. The first-order valence-corrected chi connectivity index (χ1v) is 6.78. The number of hydrogen-bond donors (Lipinski definition) is 0. The van der Waals surface area contributed by atoms with E-state index in [1.807, 2.05) is 18.2 Å². The van der Waals surface area contributed by atoms with Crippen molar-refractivity contribution in [2.45, 2.75) is 13.0 Å². The molecule has 102 valence electrons. The molecule has 0 aliphatic carbocycles. The Morgan fingerprint density at radius 2 is 2.21 bits per heavy atom. The van der Waals surface area contributed by atoms with Gasteiger partial charge in [0.15, 0.2) is 0 Å². The summed E-state index contributed by atoms with van der Waals surface area (Å²) in [5, 5.41) is 0. The van der Waals surface area contributed by atoms with E-state index in [4.69, 9.17) is 9.47 Å². The molecule has 0 spiro atoms. The third-order valence-corrected chi connectivity index (χ3v) is 3.95. The fraction of sp³-hybridized carbons (Fsp3) is 0.533. The van der Waals surface area contributed by atoms with Gasteiger partial charge in [-0.2, -0.15) is 0 Å². The lowest BCUT2D eigenvalue weighted by molar-refractivity contribution is -0.117. The lowest BCUT2D eigenvalue weighted by Gasteiger charge is -2.28. The highest BCUT2D eigenvalue weighted by Gasteiger charge is 2.36. The zero-order valence-electron chi connectivity index (χ0n) is 11.0. The summed E-state index contributed by atoms with van der Waals surface area (Å²) in [5.74, 6) is 0.966. The van der Waals surface area contributed by atoms with Crippen LogP contribution in [0.2, 0.25) is 0 Å². The molecule has 1 fully saturated rings. The van der Waals surface area contributed by atoms with Crippen LogP contribution in [0.1, 0.15) is 12.0 Å². The van der Waals surface area contributed by atoms with E-state index in [1.165, 1.54) is 5.56 Å². The second kappa shape index (κ2) is 5.31. The number of carbonyl (C=O) groups excluding carboxylic acids is 1. The Morgan fingerprint density at radius 1 is 1.32 bits per heavy atom. The minimum Gasteiger partial charge on any atom is -0.492 e. The summed E-state index contributed by atoms with van der Waals surface area (Å²) in [6.45, 7) is 4.37. The molecule has 2 aliphatic heterocycles. The average molecular weight is 261 g/mol. The van der Waals surface area contributed by atoms with Crippen molar-refractivity contribution in [3.8, 4) is 5.75 Å². The van der Waals surface area contributed by atoms with Gasteiger partial charge in [-0.15, -0.1) is 0 Å². The molecule has 3 rings (SSSR count). The van der Waals surface area contributed by atoms with E-state index in [0.717, 1.165) is 38.1 Å². The minimum atomic E-state index is -0.320. The quantitative estimate of drug-likeness (QED) is 0.773. The van der Waals surface area contributed by atoms with Crippen molar-refractivity contribution < 1.29 is 14.3 Å². The molecule has 0 bridgehead atoms. The Bertz CT molecular complexity index is 454. The Morgan fingerprint density at radius 3 is 3.00 bits per heavy atom. The summed E-state index contributed by atoms with van der Waals surface area (Å²) >= 11 is 0. The highest BCUT2D eigenvalue weighted by molar-refractivity contribution is 5.60. The normalized spacial score (nSPS) is 27.4. The highest BCUT2D eigenvalue weighted by Crippen LogP contribution is 2.30. The number of hydrogen-bond acceptors (Lipinski definition) is 4. The van der Waals surface area contributed by atoms with E-state index in [9.17, 15) is 4.79 Å². The van der Waals surface area contributed by atoms with Crippen molar-refractivity contribution in [2.24, 2.45) is 5.41 Å². The van der Waals surface area contributed by atoms with E-state index in [0.29, 0.717) is 19.8 Å². The van der Waals surface area contributed by atoms with E-state index in [-0.39, 0.29) is 5.41 Å². The van der Waals surface area contributed by atoms with Gasteiger partial charge in [0.1, 0.15) is 18.6 Å². The summed E-state index contributed by atoms with van der Waals surface area (Å²) in [6, 6.07) is 8.12. The van der Waals surface area contributed by atoms with Crippen LogP contribution in [-0.2, 0) is 16.1 Å². The topological polar surface area (TPSA) is 38.8 Å². The second-order valence-electron chi connectivity index (χ2n) is 5.45. The van der Waals surface area contributed by atoms with Crippen molar-refractivity contribution in [1.82, 2.24) is 4.90 Å². The first-order chi connectivity index (χ1) is 9.31. The molecule has 1 unspecified atom stereocenters. The van der Waals surface area contributed by atoms with Gasteiger partial charge in [-0.3, -0.25) is 4.90 Å². The lowest BCUT2D eigenvalue weighted by Crippen LogP contribution is -2.40. The molecule has 0 saturated carbocycles. The molecule has 1 saturated heterocycles. The minimum absolute atomic E-state index is 0.320. The highest BCUT2D eigenvalue weighted by atomic mass is 16.5. The van der Waals surface area contributed by atoms with E-state index >= 15 is 0 Å². The molecule has 1 atom stereocenters. The predicted octanol–water partition coefficient (Wildman–Crippen LogP) is 1.49. The molecule has 2 heterocycles. The van der Waals surface area contributed by atoms with Gasteiger partial charge in [-0.25, -0.2) is 0 Å². The summed E-state index contributed by atoms with van der Waals surface area (Å²) in [4.78, 5) is 13.7. The molecule has 4 nitrogen and oxygen atoms in total. The molecule has 0 aromatic heterocycles. The Balaban J connectivity index is 1.74. The van der Waals surface area contributed by atoms with Crippen molar-refractivity contribution in [1.29, 1.82) is 0 Å². The summed E-state index contributed by atoms with van der Waals surface area (Å²) in [5.41, 5.74) is 0.874. The standard InChI is InChI=1S/C15H19NO3/c17-11-15(5-7-18-12-15)10-16-6-8-19-14-4-2-1-3-13(14)9-16/h1-4,11H,5-10,12H2. The van der Waals surface area contributed by atoms with Gasteiger partial charge in [0.25, 0.3) is 0 Å². The molecule has 0 N–H and O–H groups in total. The number of nitrogens with zero attached hydrogens (tertiary/aromatic N) is 1. The largest absolute Gasteiger partial charge is 0.492 e. The van der Waals surface area contributed by atoms with Crippen LogP contribution in [0.5, 0.6) is 5.75 Å². The molecular formula is C15H19NO3. The summed E-state index contributed by atoms with van der Waals surface area (Å²) < 4.78 is 11.2. The lowest BCUT2D eigenvalue weighted by atomic mass is 9.88. The van der Waals surface area contributed by atoms with Crippen molar-refractivity contribution in [2.75, 3.05) is 32.9 Å². The SMILES string of the molecule is O=CC1(CN2CCOc3ccccc3C2)CCOC1. The van der Waals surface area contributed by atoms with Gasteiger partial charge >= 0.3 is 0 Å². The third-order valence-electron chi connectivity index (χ3n) is 3.95. The van der Waals surface area contributed by atoms with Crippen LogP contribution in [-0.4, -0.2) is 44.1 Å². The number of ether oxygens (including phenoxy) is 2. The smallest absolute Gasteiger partial charge is 0.129 e. The van der Waals surface area contributed by atoms with Gasteiger partial charge in [0.05, 0.1) is 12.0 Å². The molecule has 0 radical (unpaired) electrons. The average Bonchev–Trinajstić information content (AvgIpc) is 2.80. The Kier molecular flexibility index (Phi) is 3.53. The fourth-order valence-corrected chi connectivity index (χ4v) is 2.84. The number of benzene rings is 1. The maximum Gasteiger partial charge on any atom is 0.129 e. The zero-order chi connectivity index (χ0) is 13.1. The third kappa shape index (κ3) is 2.65. The van der Waals surface area contributed by atoms with E-state index in [2.05, 4.69) is 11.0 Å². The number of carbonyl (C=O) groups is 1. The first-order valence-electron chi connectivity index (χ1n) is 6.78. The molecule has 1 aromatic carbocycles. The number of aldehydes is 1. The van der Waals surface area contributed by atoms with E-state index < -0.39 is 0 Å². The molecule has 2 aliphatic rings. The van der Waals surface area contributed by atoms with Crippen LogP contribution < -0.4 is 4.74 Å². The van der Waals surface area contributed by atoms with Crippen LogP contribution >= 0.6 is 0 Å². The molecule has 1 aromatic rings. The molecule has 4 heteroatoms. The van der Waals surface area contributed by atoms with Gasteiger partial charge < -0.3 is 14.3 Å². The number of rotatable bonds is 3. The van der Waals surface area contributed by atoms with Gasteiger partial charge in [0.2, 0.25) is 0 Å².